The van der Waals surface area contributed by atoms with Gasteiger partial charge in [-0.2, -0.15) is 0 Å². The third-order valence-electron chi connectivity index (χ3n) is 1.60. The summed E-state index contributed by atoms with van der Waals surface area (Å²) in [6, 6.07) is 0. The Kier molecular flexibility index (Phi) is 4.69. The van der Waals surface area contributed by atoms with Crippen molar-refractivity contribution in [3.63, 3.8) is 0 Å². The Bertz CT molecular complexity index is 94.2. The minimum absolute atomic E-state index is 0.440. The molecule has 0 aromatic carbocycles. The Labute approximate surface area is 70.5 Å². The first-order valence-electron chi connectivity index (χ1n) is 4.36. The molecule has 0 heterocycles. The lowest BCUT2D eigenvalue weighted by Gasteiger charge is -2.23. The second-order valence-electron chi connectivity index (χ2n) is 4.53. The molecule has 0 rings (SSSR count). The molecule has 0 aromatic rings. The van der Waals surface area contributed by atoms with Crippen LogP contribution in [0.25, 0.3) is 0 Å². The second-order valence-corrected chi connectivity index (χ2v) is 4.53. The molecule has 0 aromatic heterocycles. The molecular formula is C9H22N2. The molecule has 11 heavy (non-hydrogen) atoms. The molecule has 1 atom stereocenters. The molecule has 0 fully saturated rings. The molecule has 0 unspecified atom stereocenters. The standard InChI is InChI=1S/C9H22N2/c1-8(6-11-7-10)5-9(2,3)4/h8,11H,5-7,10H2,1-4H3/t8-/m0/s1. The Hall–Kier alpha value is -0.0800. The summed E-state index contributed by atoms with van der Waals surface area (Å²) in [5.41, 5.74) is 5.77. The zero-order valence-electron chi connectivity index (χ0n) is 8.28. The van der Waals surface area contributed by atoms with Crippen LogP contribution < -0.4 is 11.1 Å². The first kappa shape index (κ1) is 10.9. The van der Waals surface area contributed by atoms with Crippen LogP contribution in [-0.4, -0.2) is 13.2 Å². The molecule has 0 aliphatic heterocycles. The second kappa shape index (κ2) is 4.73. The van der Waals surface area contributed by atoms with Crippen molar-refractivity contribution in [1.82, 2.24) is 5.32 Å². The van der Waals surface area contributed by atoms with E-state index in [9.17, 15) is 0 Å². The number of hydrogen-bond donors (Lipinski definition) is 2. The molecule has 0 bridgehead atoms. The van der Waals surface area contributed by atoms with Crippen molar-refractivity contribution in [2.45, 2.75) is 34.1 Å². The van der Waals surface area contributed by atoms with E-state index >= 15 is 0 Å². The largest absolute Gasteiger partial charge is 0.318 e. The summed E-state index contributed by atoms with van der Waals surface area (Å²) in [6.45, 7) is 10.7. The van der Waals surface area contributed by atoms with Crippen molar-refractivity contribution in [2.24, 2.45) is 17.1 Å². The average molecular weight is 158 g/mol. The van der Waals surface area contributed by atoms with Crippen molar-refractivity contribution in [3.05, 3.63) is 0 Å². The highest BCUT2D eigenvalue weighted by Gasteiger charge is 2.14. The van der Waals surface area contributed by atoms with Crippen molar-refractivity contribution in [2.75, 3.05) is 13.2 Å². The number of nitrogens with two attached hydrogens (primary N) is 1. The maximum absolute atomic E-state index is 5.33. The average Bonchev–Trinajstić information content (AvgIpc) is 1.79. The van der Waals surface area contributed by atoms with Crippen LogP contribution in [0.4, 0.5) is 0 Å². The van der Waals surface area contributed by atoms with Gasteiger partial charge in [-0.25, -0.2) is 0 Å². The van der Waals surface area contributed by atoms with Crippen LogP contribution in [0.5, 0.6) is 0 Å². The molecule has 68 valence electrons. The maximum atomic E-state index is 5.33. The summed E-state index contributed by atoms with van der Waals surface area (Å²) in [7, 11) is 0. The van der Waals surface area contributed by atoms with Crippen molar-refractivity contribution in [1.29, 1.82) is 0 Å². The number of hydrogen-bond acceptors (Lipinski definition) is 2. The van der Waals surface area contributed by atoms with Crippen LogP contribution in [-0.2, 0) is 0 Å². The normalized spacial score (nSPS) is 15.0. The third kappa shape index (κ3) is 7.82. The van der Waals surface area contributed by atoms with E-state index in [0.29, 0.717) is 12.1 Å². The Balaban J connectivity index is 3.44. The van der Waals surface area contributed by atoms with E-state index in [1.807, 2.05) is 0 Å². The Morgan fingerprint density at radius 1 is 1.36 bits per heavy atom. The van der Waals surface area contributed by atoms with Gasteiger partial charge in [0.1, 0.15) is 0 Å². The number of rotatable bonds is 4. The molecule has 0 aliphatic carbocycles. The molecule has 0 aliphatic rings. The molecule has 0 radical (unpaired) electrons. The molecule has 3 N–H and O–H groups in total. The minimum Gasteiger partial charge on any atom is -0.318 e. The van der Waals surface area contributed by atoms with Crippen molar-refractivity contribution >= 4 is 0 Å². The SMILES string of the molecule is C[C@H](CNCN)CC(C)(C)C. The molecule has 0 amide bonds. The fourth-order valence-corrected chi connectivity index (χ4v) is 1.45. The smallest absolute Gasteiger partial charge is 0.0428 e. The summed E-state index contributed by atoms with van der Waals surface area (Å²) in [5, 5.41) is 3.15. The highest BCUT2D eigenvalue weighted by atomic mass is 14.9. The summed E-state index contributed by atoms with van der Waals surface area (Å²) in [6.07, 6.45) is 1.25. The van der Waals surface area contributed by atoms with Gasteiger partial charge in [0, 0.05) is 6.67 Å². The predicted octanol–water partition coefficient (Wildman–Crippen LogP) is 1.56. The summed E-state index contributed by atoms with van der Waals surface area (Å²) in [4.78, 5) is 0. The lowest BCUT2D eigenvalue weighted by molar-refractivity contribution is 0.300. The van der Waals surface area contributed by atoms with Gasteiger partial charge >= 0.3 is 0 Å². The molecule has 0 saturated carbocycles. The molecule has 2 nitrogen and oxygen atoms in total. The predicted molar refractivity (Wildman–Crippen MR) is 50.3 cm³/mol. The number of nitrogens with one attached hydrogen (secondary N) is 1. The van der Waals surface area contributed by atoms with Crippen LogP contribution in [0.15, 0.2) is 0 Å². The van der Waals surface area contributed by atoms with Gasteiger partial charge in [0.05, 0.1) is 0 Å². The molecule has 0 saturated heterocycles. The van der Waals surface area contributed by atoms with Crippen LogP contribution in [0.1, 0.15) is 34.1 Å². The van der Waals surface area contributed by atoms with Crippen molar-refractivity contribution < 1.29 is 0 Å². The Morgan fingerprint density at radius 2 is 1.91 bits per heavy atom. The zero-order chi connectivity index (χ0) is 8.91. The van der Waals surface area contributed by atoms with Crippen LogP contribution in [0.3, 0.4) is 0 Å². The third-order valence-corrected chi connectivity index (χ3v) is 1.60. The van der Waals surface area contributed by atoms with E-state index in [2.05, 4.69) is 33.0 Å². The van der Waals surface area contributed by atoms with Crippen molar-refractivity contribution in [3.8, 4) is 0 Å². The van der Waals surface area contributed by atoms with Gasteiger partial charge in [-0.3, -0.25) is 0 Å². The molecule has 0 spiro atoms. The topological polar surface area (TPSA) is 38.0 Å². The van der Waals surface area contributed by atoms with E-state index in [4.69, 9.17) is 5.73 Å². The lowest BCUT2D eigenvalue weighted by atomic mass is 9.85. The monoisotopic (exact) mass is 158 g/mol. The van der Waals surface area contributed by atoms with Gasteiger partial charge in [0.15, 0.2) is 0 Å². The quantitative estimate of drug-likeness (QED) is 0.609. The van der Waals surface area contributed by atoms with Crippen LogP contribution >= 0.6 is 0 Å². The lowest BCUT2D eigenvalue weighted by Crippen LogP contribution is -2.28. The first-order chi connectivity index (χ1) is 4.95. The summed E-state index contributed by atoms with van der Waals surface area (Å²) in [5.74, 6) is 0.721. The highest BCUT2D eigenvalue weighted by Crippen LogP contribution is 2.23. The summed E-state index contributed by atoms with van der Waals surface area (Å²) < 4.78 is 0. The van der Waals surface area contributed by atoms with Gasteiger partial charge in [-0.15, -0.1) is 0 Å². The summed E-state index contributed by atoms with van der Waals surface area (Å²) >= 11 is 0. The van der Waals surface area contributed by atoms with Gasteiger partial charge in [-0.05, 0) is 24.3 Å². The van der Waals surface area contributed by atoms with E-state index in [1.165, 1.54) is 6.42 Å². The van der Waals surface area contributed by atoms with E-state index in [-0.39, 0.29) is 0 Å². The van der Waals surface area contributed by atoms with E-state index in [1.54, 1.807) is 0 Å². The van der Waals surface area contributed by atoms with Gasteiger partial charge in [-0.1, -0.05) is 27.7 Å². The van der Waals surface area contributed by atoms with Gasteiger partial charge in [0.25, 0.3) is 0 Å². The maximum Gasteiger partial charge on any atom is 0.0428 e. The van der Waals surface area contributed by atoms with Gasteiger partial charge in [0.2, 0.25) is 0 Å². The van der Waals surface area contributed by atoms with Crippen LogP contribution in [0, 0.1) is 11.3 Å². The van der Waals surface area contributed by atoms with Gasteiger partial charge < -0.3 is 11.1 Å². The molecule has 2 heteroatoms. The fourth-order valence-electron chi connectivity index (χ4n) is 1.45. The van der Waals surface area contributed by atoms with E-state index in [0.717, 1.165) is 12.5 Å². The fraction of sp³-hybridized carbons (Fsp3) is 1.00. The minimum atomic E-state index is 0.440. The van der Waals surface area contributed by atoms with E-state index < -0.39 is 0 Å². The zero-order valence-corrected chi connectivity index (χ0v) is 8.28. The molecular weight excluding hydrogens is 136 g/mol. The van der Waals surface area contributed by atoms with Crippen LogP contribution in [0.2, 0.25) is 0 Å². The first-order valence-corrected chi connectivity index (χ1v) is 4.36. The Morgan fingerprint density at radius 3 is 2.27 bits per heavy atom. The highest BCUT2D eigenvalue weighted by molar-refractivity contribution is 4.67.